The summed E-state index contributed by atoms with van der Waals surface area (Å²) in [5.74, 6) is -3.30. The summed E-state index contributed by atoms with van der Waals surface area (Å²) in [5, 5.41) is 45.3. The molecule has 214 valence electrons. The number of aromatic hydroxyl groups is 2. The average Bonchev–Trinajstić information content (AvgIpc) is 3.26. The zero-order valence-electron chi connectivity index (χ0n) is 22.1. The first-order valence-electron chi connectivity index (χ1n) is 13.6. The van der Waals surface area contributed by atoms with Crippen LogP contribution in [0.1, 0.15) is 84.4 Å². The number of carbonyl (C=O) groups is 3. The summed E-state index contributed by atoms with van der Waals surface area (Å²) in [5.41, 5.74) is -3.13. The number of benzene rings is 1. The molecule has 2 bridgehead atoms. The van der Waals surface area contributed by atoms with Crippen molar-refractivity contribution in [1.82, 2.24) is 0 Å². The smallest absolute Gasteiger partial charge is 0.309 e. The highest BCUT2D eigenvalue weighted by Crippen LogP contribution is 2.60. The minimum Gasteiger partial charge on any atom is -0.507 e. The lowest BCUT2D eigenvalue weighted by Crippen LogP contribution is -2.60. The summed E-state index contributed by atoms with van der Waals surface area (Å²) < 4.78 is 29.1. The normalized spacial score (nSPS) is 41.8. The van der Waals surface area contributed by atoms with Gasteiger partial charge in [-0.15, -0.1) is 0 Å². The van der Waals surface area contributed by atoms with E-state index >= 15 is 0 Å². The third-order valence-electron chi connectivity index (χ3n) is 9.30. The van der Waals surface area contributed by atoms with E-state index in [-0.39, 0.29) is 35.1 Å². The molecule has 3 saturated heterocycles. The maximum absolute atomic E-state index is 13.9. The van der Waals surface area contributed by atoms with Crippen LogP contribution < -0.4 is 0 Å². The third-order valence-corrected chi connectivity index (χ3v) is 9.30. The van der Waals surface area contributed by atoms with Gasteiger partial charge in [-0.3, -0.25) is 14.4 Å². The van der Waals surface area contributed by atoms with Crippen molar-refractivity contribution in [2.24, 2.45) is 0 Å². The maximum atomic E-state index is 13.9. The predicted molar refractivity (Wildman–Crippen MR) is 131 cm³/mol. The Balaban J connectivity index is 1.35. The second kappa shape index (κ2) is 8.57. The Morgan fingerprint density at radius 1 is 0.925 bits per heavy atom. The summed E-state index contributed by atoms with van der Waals surface area (Å²) in [6.07, 6.45) is -6.55. The number of Topliss-reactive ketones (excluding diaryl/α,β-unsaturated/α-hetero) is 2. The molecular weight excluding hydrogens is 528 g/mol. The van der Waals surface area contributed by atoms with Gasteiger partial charge in [-0.05, 0) is 27.2 Å². The van der Waals surface area contributed by atoms with Gasteiger partial charge in [0, 0.05) is 29.5 Å². The molecule has 5 aliphatic heterocycles. The lowest BCUT2D eigenvalue weighted by molar-refractivity contribution is -0.311. The number of phenolic OH excluding ortho intramolecular Hbond substituents is 2. The summed E-state index contributed by atoms with van der Waals surface area (Å²) in [7, 11) is 0. The summed E-state index contributed by atoms with van der Waals surface area (Å²) in [6, 6.07) is 0. The number of ketones is 2. The second-order valence-electron chi connectivity index (χ2n) is 11.5. The number of carbonyl (C=O) groups excluding carboxylic acids is 3. The monoisotopic (exact) mass is 558 g/mol. The molecule has 3 fully saturated rings. The topological polar surface area (TPSA) is 178 Å². The van der Waals surface area contributed by atoms with Crippen LogP contribution in [0.25, 0.3) is 0 Å². The molecule has 1 aromatic carbocycles. The molecule has 0 radical (unpaired) electrons. The fourth-order valence-corrected chi connectivity index (χ4v) is 7.31. The minimum atomic E-state index is -2.01. The molecule has 12 nitrogen and oxygen atoms in total. The maximum Gasteiger partial charge on any atom is 0.309 e. The lowest BCUT2D eigenvalue weighted by Gasteiger charge is -2.54. The van der Waals surface area contributed by atoms with Crippen molar-refractivity contribution in [2.75, 3.05) is 0 Å². The fraction of sp³-hybridized carbons (Fsp3) is 0.607. The van der Waals surface area contributed by atoms with Crippen molar-refractivity contribution < 1.29 is 58.5 Å². The Labute approximate surface area is 228 Å². The van der Waals surface area contributed by atoms with Crippen LogP contribution in [0.5, 0.6) is 11.5 Å². The summed E-state index contributed by atoms with van der Waals surface area (Å²) in [6.45, 7) is 4.88. The van der Waals surface area contributed by atoms with Crippen LogP contribution in [0.4, 0.5) is 0 Å². The number of aliphatic hydroxyl groups is 2. The first-order chi connectivity index (χ1) is 18.9. The van der Waals surface area contributed by atoms with Gasteiger partial charge in [-0.25, -0.2) is 0 Å². The van der Waals surface area contributed by atoms with Crippen molar-refractivity contribution in [3.63, 3.8) is 0 Å². The predicted octanol–water partition coefficient (Wildman–Crippen LogP) is 1.20. The molecule has 0 unspecified atom stereocenters. The Morgan fingerprint density at radius 3 is 2.35 bits per heavy atom. The van der Waals surface area contributed by atoms with Gasteiger partial charge in [0.2, 0.25) is 0 Å². The highest BCUT2D eigenvalue weighted by Gasteiger charge is 2.62. The van der Waals surface area contributed by atoms with E-state index in [0.717, 1.165) is 0 Å². The van der Waals surface area contributed by atoms with Crippen molar-refractivity contribution in [2.45, 2.75) is 107 Å². The van der Waals surface area contributed by atoms with Gasteiger partial charge < -0.3 is 44.1 Å². The molecule has 0 aromatic heterocycles. The second-order valence-corrected chi connectivity index (χ2v) is 11.5. The van der Waals surface area contributed by atoms with E-state index in [4.69, 9.17) is 23.7 Å². The highest BCUT2D eigenvalue weighted by atomic mass is 16.7. The first-order valence-corrected chi connectivity index (χ1v) is 13.6. The zero-order valence-corrected chi connectivity index (χ0v) is 22.1. The van der Waals surface area contributed by atoms with E-state index in [1.165, 1.54) is 0 Å². The quantitative estimate of drug-likeness (QED) is 0.302. The number of rotatable bonds is 2. The Bertz CT molecular complexity index is 1400. The van der Waals surface area contributed by atoms with Gasteiger partial charge in [0.05, 0.1) is 59.7 Å². The number of hydrogen-bond donors (Lipinski definition) is 4. The van der Waals surface area contributed by atoms with Gasteiger partial charge in [0.1, 0.15) is 23.2 Å². The van der Waals surface area contributed by atoms with E-state index in [0.29, 0.717) is 12.8 Å². The summed E-state index contributed by atoms with van der Waals surface area (Å²) >= 11 is 0. The van der Waals surface area contributed by atoms with Crippen LogP contribution in [0.3, 0.4) is 0 Å². The molecule has 12 heteroatoms. The van der Waals surface area contributed by atoms with Gasteiger partial charge in [0.25, 0.3) is 0 Å². The Hall–Kier alpha value is -2.87. The Morgan fingerprint density at radius 2 is 1.62 bits per heavy atom. The molecule has 0 spiro atoms. The SMILES string of the molecule is C[C@@H]1O[C@H]2CC(=O)O[C@H]2C2=C1C(=O)c1c(O)c3c(c(O)c1C2=O)[C@@H]1C[C@H](O[C@H]2CC[C@H](O)[C@H](C)O2)[C@]3(O)[C@H](C)O1. The van der Waals surface area contributed by atoms with E-state index in [9.17, 15) is 34.8 Å². The first kappa shape index (κ1) is 26.1. The molecule has 0 saturated carbocycles. The molecule has 2 aliphatic carbocycles. The van der Waals surface area contributed by atoms with Crippen molar-refractivity contribution >= 4 is 17.5 Å². The number of phenols is 2. The van der Waals surface area contributed by atoms with Crippen LogP contribution in [0.15, 0.2) is 11.1 Å². The molecule has 5 heterocycles. The number of esters is 1. The Kier molecular flexibility index (Phi) is 5.58. The van der Waals surface area contributed by atoms with E-state index in [1.54, 1.807) is 20.8 Å². The molecule has 40 heavy (non-hydrogen) atoms. The fourth-order valence-electron chi connectivity index (χ4n) is 7.31. The van der Waals surface area contributed by atoms with Crippen molar-refractivity contribution in [3.8, 4) is 11.5 Å². The molecule has 8 rings (SSSR count). The lowest BCUT2D eigenvalue weighted by atomic mass is 9.66. The number of ether oxygens (including phenoxy) is 5. The van der Waals surface area contributed by atoms with Gasteiger partial charge in [0.15, 0.2) is 24.0 Å². The van der Waals surface area contributed by atoms with E-state index < -0.39 is 101 Å². The average molecular weight is 559 g/mol. The molecule has 10 atom stereocenters. The molecule has 7 aliphatic rings. The third kappa shape index (κ3) is 3.25. The van der Waals surface area contributed by atoms with Crippen molar-refractivity contribution in [3.05, 3.63) is 33.4 Å². The summed E-state index contributed by atoms with van der Waals surface area (Å²) in [4.78, 5) is 39.8. The van der Waals surface area contributed by atoms with E-state index in [1.807, 2.05) is 0 Å². The zero-order chi connectivity index (χ0) is 28.4. The van der Waals surface area contributed by atoms with Gasteiger partial charge in [-0.2, -0.15) is 0 Å². The van der Waals surface area contributed by atoms with Crippen LogP contribution in [0.2, 0.25) is 0 Å². The van der Waals surface area contributed by atoms with Crippen LogP contribution >= 0.6 is 0 Å². The van der Waals surface area contributed by atoms with Gasteiger partial charge in [-0.1, -0.05) is 0 Å². The molecule has 1 aromatic rings. The van der Waals surface area contributed by atoms with Crippen LogP contribution in [-0.4, -0.2) is 87.0 Å². The van der Waals surface area contributed by atoms with Gasteiger partial charge >= 0.3 is 5.97 Å². The van der Waals surface area contributed by atoms with Crippen LogP contribution in [-0.2, 0) is 34.1 Å². The van der Waals surface area contributed by atoms with Crippen molar-refractivity contribution in [1.29, 1.82) is 0 Å². The number of aliphatic hydroxyl groups excluding tert-OH is 1. The molecule has 4 N–H and O–H groups in total. The minimum absolute atomic E-state index is 0.00956. The number of hydrogen-bond acceptors (Lipinski definition) is 12. The molecular formula is C28H30O12. The molecule has 0 amide bonds. The van der Waals surface area contributed by atoms with Crippen LogP contribution in [0, 0.1) is 0 Å². The largest absolute Gasteiger partial charge is 0.507 e. The highest BCUT2D eigenvalue weighted by molar-refractivity contribution is 6.30. The number of fused-ring (bicyclic) bond motifs is 5. The standard InChI is InChI=1S/C28H30O12/c1-8-11(29)4-5-16(37-8)39-14-6-12-18-22(28(14,35)10(3)38-12)26(34)20-19(24(18)32)25(33)21-17(23(20)31)9(2)36-13-7-15(30)40-27(13)21/h8-14,16,27,29,32,34-35H,4-7H2,1-3H3/t8-,9-,10-,11-,12-,13-,14-,16-,27+,28+/m0/s1. The van der Waals surface area contributed by atoms with E-state index in [2.05, 4.69) is 0 Å².